The van der Waals surface area contributed by atoms with Crippen LogP contribution in [0.3, 0.4) is 0 Å². The Labute approximate surface area is 212 Å². The quantitative estimate of drug-likeness (QED) is 0.607. The topological polar surface area (TPSA) is 80.5 Å². The van der Waals surface area contributed by atoms with E-state index in [1.807, 2.05) is 12.1 Å². The normalized spacial score (nSPS) is 24.6. The van der Waals surface area contributed by atoms with Gasteiger partial charge in [0.2, 0.25) is 0 Å². The van der Waals surface area contributed by atoms with Gasteiger partial charge in [-0.1, -0.05) is 6.07 Å². The number of nitrogens with zero attached hydrogens (tertiary/aromatic N) is 6. The zero-order valence-electron chi connectivity index (χ0n) is 21.0. The van der Waals surface area contributed by atoms with Crippen LogP contribution >= 0.6 is 0 Å². The van der Waals surface area contributed by atoms with Crippen molar-refractivity contribution < 1.29 is 4.74 Å². The minimum absolute atomic E-state index is 0.0962. The van der Waals surface area contributed by atoms with Gasteiger partial charge in [0.05, 0.1) is 23.5 Å². The molecule has 2 saturated heterocycles. The maximum atomic E-state index is 9.50. The van der Waals surface area contributed by atoms with Crippen LogP contribution in [0.25, 0.3) is 11.0 Å². The zero-order valence-corrected chi connectivity index (χ0v) is 21.0. The fourth-order valence-corrected chi connectivity index (χ4v) is 5.96. The molecule has 3 aliphatic rings. The van der Waals surface area contributed by atoms with Gasteiger partial charge in [0, 0.05) is 76.5 Å². The number of benzene rings is 2. The molecule has 0 amide bonds. The van der Waals surface area contributed by atoms with Gasteiger partial charge in [-0.05, 0) is 49.2 Å². The number of hydrogen-bond acceptors (Lipinski definition) is 8. The Morgan fingerprint density at radius 1 is 1.00 bits per heavy atom. The van der Waals surface area contributed by atoms with Crippen LogP contribution in [-0.2, 0) is 17.8 Å². The second-order valence-electron chi connectivity index (χ2n) is 10.4. The molecule has 0 radical (unpaired) electrons. The molecule has 3 aromatic rings. The van der Waals surface area contributed by atoms with Crippen molar-refractivity contribution in [2.75, 3.05) is 49.1 Å². The van der Waals surface area contributed by atoms with Crippen LogP contribution in [0, 0.1) is 11.3 Å². The predicted octanol–water partition coefficient (Wildman–Crippen LogP) is 2.91. The van der Waals surface area contributed by atoms with Gasteiger partial charge < -0.3 is 19.9 Å². The lowest BCUT2D eigenvalue weighted by Crippen LogP contribution is -2.50. The van der Waals surface area contributed by atoms with Crippen LogP contribution in [-0.4, -0.2) is 72.4 Å². The number of nitrogens with one attached hydrogen (secondary N) is 1. The van der Waals surface area contributed by atoms with E-state index in [-0.39, 0.29) is 12.2 Å². The van der Waals surface area contributed by atoms with Crippen molar-refractivity contribution >= 4 is 22.4 Å². The van der Waals surface area contributed by atoms with Gasteiger partial charge in [0.15, 0.2) is 0 Å². The second kappa shape index (κ2) is 9.66. The third-order valence-electron chi connectivity index (χ3n) is 7.56. The van der Waals surface area contributed by atoms with Crippen LogP contribution in [0.15, 0.2) is 42.7 Å². The Morgan fingerprint density at radius 2 is 1.83 bits per heavy atom. The van der Waals surface area contributed by atoms with Crippen molar-refractivity contribution in [1.82, 2.24) is 20.2 Å². The fourth-order valence-electron chi connectivity index (χ4n) is 5.96. The maximum Gasteiger partial charge on any atom is 0.113 e. The molecule has 36 heavy (non-hydrogen) atoms. The van der Waals surface area contributed by atoms with Gasteiger partial charge >= 0.3 is 0 Å². The van der Waals surface area contributed by atoms with Crippen molar-refractivity contribution in [2.24, 2.45) is 0 Å². The number of ether oxygens (including phenoxy) is 1. The highest BCUT2D eigenvalue weighted by molar-refractivity contribution is 5.92. The molecular formula is C28H33N7O. The number of fused-ring (bicyclic) bond motifs is 2. The van der Waals surface area contributed by atoms with Crippen molar-refractivity contribution in [3.8, 4) is 6.07 Å². The Bertz CT molecular complexity index is 1300. The number of morpholine rings is 1. The number of rotatable bonds is 4. The maximum absolute atomic E-state index is 9.50. The fraction of sp³-hybridized carbons (Fsp3) is 0.464. The number of piperazine rings is 1. The summed E-state index contributed by atoms with van der Waals surface area (Å²) >= 11 is 0. The van der Waals surface area contributed by atoms with Crippen molar-refractivity contribution in [1.29, 1.82) is 5.26 Å². The van der Waals surface area contributed by atoms with E-state index in [4.69, 9.17) is 4.74 Å². The van der Waals surface area contributed by atoms with Crippen LogP contribution in [0.2, 0.25) is 0 Å². The van der Waals surface area contributed by atoms with E-state index in [1.165, 1.54) is 16.8 Å². The van der Waals surface area contributed by atoms with Crippen molar-refractivity contribution in [3.63, 3.8) is 0 Å². The molecule has 0 aliphatic carbocycles. The SMILES string of the molecule is CC1CN(c2ccc3c(c2)CN(C[C@H]2CN(c4ccc(C#N)c5nccnc45)C[C@@H](C)O2)C3)CCN1. The lowest BCUT2D eigenvalue weighted by molar-refractivity contribution is -0.0329. The summed E-state index contributed by atoms with van der Waals surface area (Å²) < 4.78 is 6.40. The number of nitriles is 1. The standard InChI is InChI=1S/C28H33N7O/c1-19-13-34(10-9-30-19)24-5-3-22-15-33(16-23(22)11-24)17-25-18-35(14-20(2)36-25)26-6-4-21(12-29)27-28(26)32-8-7-31-27/h3-8,11,19-20,25,30H,9-10,13-18H2,1-2H3/t19?,20-,25+/m1/s1. The van der Waals surface area contributed by atoms with Crippen LogP contribution in [0.5, 0.6) is 0 Å². The first-order chi connectivity index (χ1) is 17.6. The number of aromatic nitrogens is 2. The van der Waals surface area contributed by atoms with E-state index in [0.29, 0.717) is 17.1 Å². The second-order valence-corrected chi connectivity index (χ2v) is 10.4. The molecule has 2 fully saturated rings. The molecule has 1 N–H and O–H groups in total. The van der Waals surface area contributed by atoms with E-state index in [9.17, 15) is 5.26 Å². The van der Waals surface area contributed by atoms with Gasteiger partial charge in [-0.15, -0.1) is 0 Å². The molecule has 8 heteroatoms. The van der Waals surface area contributed by atoms with Gasteiger partial charge in [0.25, 0.3) is 0 Å². The van der Waals surface area contributed by atoms with E-state index >= 15 is 0 Å². The van der Waals surface area contributed by atoms with Gasteiger partial charge in [-0.25, -0.2) is 0 Å². The highest BCUT2D eigenvalue weighted by Crippen LogP contribution is 2.31. The summed E-state index contributed by atoms with van der Waals surface area (Å²) in [6.07, 6.45) is 3.55. The van der Waals surface area contributed by atoms with E-state index in [1.54, 1.807) is 12.4 Å². The summed E-state index contributed by atoms with van der Waals surface area (Å²) in [7, 11) is 0. The summed E-state index contributed by atoms with van der Waals surface area (Å²) in [5.74, 6) is 0. The van der Waals surface area contributed by atoms with Crippen LogP contribution in [0.4, 0.5) is 11.4 Å². The predicted molar refractivity (Wildman–Crippen MR) is 141 cm³/mol. The zero-order chi connectivity index (χ0) is 24.6. The summed E-state index contributed by atoms with van der Waals surface area (Å²) in [6.45, 7) is 11.9. The lowest BCUT2D eigenvalue weighted by Gasteiger charge is -2.39. The first-order valence-electron chi connectivity index (χ1n) is 12.9. The number of hydrogen-bond donors (Lipinski definition) is 1. The molecule has 8 nitrogen and oxygen atoms in total. The average molecular weight is 484 g/mol. The third-order valence-corrected chi connectivity index (χ3v) is 7.56. The van der Waals surface area contributed by atoms with E-state index in [0.717, 1.165) is 63.6 Å². The summed E-state index contributed by atoms with van der Waals surface area (Å²) in [5, 5.41) is 13.0. The molecule has 2 aromatic carbocycles. The van der Waals surface area contributed by atoms with Crippen LogP contribution in [0.1, 0.15) is 30.5 Å². The lowest BCUT2D eigenvalue weighted by atomic mass is 10.1. The largest absolute Gasteiger partial charge is 0.370 e. The molecule has 3 atom stereocenters. The third kappa shape index (κ3) is 4.50. The Balaban J connectivity index is 1.16. The first kappa shape index (κ1) is 23.2. The number of anilines is 2. The van der Waals surface area contributed by atoms with Gasteiger partial charge in [-0.2, -0.15) is 5.26 Å². The Hall–Kier alpha value is -3.25. The molecular weight excluding hydrogens is 450 g/mol. The molecule has 3 aliphatic heterocycles. The molecule has 0 bridgehead atoms. The van der Waals surface area contributed by atoms with Gasteiger partial charge in [-0.3, -0.25) is 14.9 Å². The molecule has 186 valence electrons. The Morgan fingerprint density at radius 3 is 2.67 bits per heavy atom. The van der Waals surface area contributed by atoms with Crippen molar-refractivity contribution in [2.45, 2.75) is 45.2 Å². The molecule has 1 unspecified atom stereocenters. The smallest absolute Gasteiger partial charge is 0.113 e. The summed E-state index contributed by atoms with van der Waals surface area (Å²) in [6, 6.07) is 13.6. The Kier molecular flexibility index (Phi) is 6.22. The van der Waals surface area contributed by atoms with Gasteiger partial charge in [0.1, 0.15) is 17.1 Å². The highest BCUT2D eigenvalue weighted by atomic mass is 16.5. The molecule has 4 heterocycles. The summed E-state index contributed by atoms with van der Waals surface area (Å²) in [4.78, 5) is 16.4. The van der Waals surface area contributed by atoms with E-state index < -0.39 is 0 Å². The molecule has 0 saturated carbocycles. The van der Waals surface area contributed by atoms with E-state index in [2.05, 4.69) is 68.1 Å². The minimum atomic E-state index is 0.0962. The minimum Gasteiger partial charge on any atom is -0.370 e. The molecule has 1 aromatic heterocycles. The first-order valence-corrected chi connectivity index (χ1v) is 12.9. The highest BCUT2D eigenvalue weighted by Gasteiger charge is 2.30. The molecule has 0 spiro atoms. The summed E-state index contributed by atoms with van der Waals surface area (Å²) in [5.41, 5.74) is 7.24. The molecule has 6 rings (SSSR count). The average Bonchev–Trinajstić information content (AvgIpc) is 3.29. The van der Waals surface area contributed by atoms with Crippen molar-refractivity contribution in [3.05, 3.63) is 59.4 Å². The van der Waals surface area contributed by atoms with Crippen LogP contribution < -0.4 is 15.1 Å². The monoisotopic (exact) mass is 483 g/mol.